The molecule has 1 unspecified atom stereocenters. The molecule has 1 N–H and O–H groups in total. The Bertz CT molecular complexity index is 361. The van der Waals surface area contributed by atoms with Gasteiger partial charge in [0.2, 0.25) is 0 Å². The van der Waals surface area contributed by atoms with E-state index in [9.17, 15) is 8.42 Å². The second-order valence-electron chi connectivity index (χ2n) is 4.38. The van der Waals surface area contributed by atoms with Crippen molar-refractivity contribution >= 4 is 9.84 Å². The molecule has 1 atom stereocenters. The Labute approximate surface area is 104 Å². The number of nitrogens with zero attached hydrogens (tertiary/aromatic N) is 2. The van der Waals surface area contributed by atoms with E-state index in [2.05, 4.69) is 16.3 Å². The summed E-state index contributed by atoms with van der Waals surface area (Å²) >= 11 is 0. The maximum atomic E-state index is 11.4. The molecular formula is C11H21N3O2S. The van der Waals surface area contributed by atoms with E-state index in [-0.39, 0.29) is 11.8 Å². The van der Waals surface area contributed by atoms with Gasteiger partial charge in [0.25, 0.3) is 0 Å². The fourth-order valence-corrected chi connectivity index (χ4v) is 3.29. The van der Waals surface area contributed by atoms with Crippen molar-refractivity contribution in [3.05, 3.63) is 0 Å². The summed E-state index contributed by atoms with van der Waals surface area (Å²) in [6.07, 6.45) is 1.46. The van der Waals surface area contributed by atoms with Crippen molar-refractivity contribution in [1.82, 2.24) is 10.2 Å². The lowest BCUT2D eigenvalue weighted by Gasteiger charge is -2.20. The molecule has 98 valence electrons. The molecule has 0 aromatic rings. The van der Waals surface area contributed by atoms with Crippen molar-refractivity contribution in [3.63, 3.8) is 0 Å². The highest BCUT2D eigenvalue weighted by molar-refractivity contribution is 7.91. The van der Waals surface area contributed by atoms with Crippen LogP contribution in [0.2, 0.25) is 0 Å². The van der Waals surface area contributed by atoms with Crippen LogP contribution in [0.1, 0.15) is 19.8 Å². The van der Waals surface area contributed by atoms with Crippen LogP contribution in [0, 0.1) is 11.3 Å². The van der Waals surface area contributed by atoms with Crippen LogP contribution < -0.4 is 5.32 Å². The largest absolute Gasteiger partial charge is 0.302 e. The van der Waals surface area contributed by atoms with E-state index in [4.69, 9.17) is 5.26 Å². The molecule has 0 spiro atoms. The van der Waals surface area contributed by atoms with E-state index in [0.29, 0.717) is 18.7 Å². The summed E-state index contributed by atoms with van der Waals surface area (Å²) < 4.78 is 22.8. The van der Waals surface area contributed by atoms with Crippen molar-refractivity contribution in [2.24, 2.45) is 0 Å². The van der Waals surface area contributed by atoms with Crippen molar-refractivity contribution in [2.75, 3.05) is 37.7 Å². The molecule has 1 saturated heterocycles. The lowest BCUT2D eigenvalue weighted by atomic mass is 10.2. The van der Waals surface area contributed by atoms with Gasteiger partial charge >= 0.3 is 0 Å². The molecule has 1 rings (SSSR count). The van der Waals surface area contributed by atoms with Crippen LogP contribution >= 0.6 is 0 Å². The summed E-state index contributed by atoms with van der Waals surface area (Å²) in [5.74, 6) is 0.559. The summed E-state index contributed by atoms with van der Waals surface area (Å²) in [5.41, 5.74) is 0. The number of nitriles is 1. The zero-order chi connectivity index (χ0) is 12.7. The van der Waals surface area contributed by atoms with Gasteiger partial charge in [-0.1, -0.05) is 6.92 Å². The van der Waals surface area contributed by atoms with E-state index >= 15 is 0 Å². The van der Waals surface area contributed by atoms with Crippen LogP contribution in [0.3, 0.4) is 0 Å². The lowest BCUT2D eigenvalue weighted by Crippen LogP contribution is -2.34. The first-order valence-electron chi connectivity index (χ1n) is 6.13. The van der Waals surface area contributed by atoms with Gasteiger partial charge in [0, 0.05) is 13.1 Å². The van der Waals surface area contributed by atoms with Crippen LogP contribution in [0.15, 0.2) is 0 Å². The van der Waals surface area contributed by atoms with Gasteiger partial charge in [-0.3, -0.25) is 0 Å². The molecule has 1 heterocycles. The molecule has 0 radical (unpaired) electrons. The summed E-state index contributed by atoms with van der Waals surface area (Å²) in [4.78, 5) is 2.15. The molecular weight excluding hydrogens is 238 g/mol. The molecule has 0 amide bonds. The second-order valence-corrected chi connectivity index (χ2v) is 6.68. The van der Waals surface area contributed by atoms with Crippen LogP contribution in [-0.4, -0.2) is 57.0 Å². The Kier molecular flexibility index (Phi) is 5.89. The molecule has 5 nitrogen and oxygen atoms in total. The van der Waals surface area contributed by atoms with Gasteiger partial charge < -0.3 is 10.2 Å². The minimum Gasteiger partial charge on any atom is -0.302 e. The molecule has 0 saturated carbocycles. The van der Waals surface area contributed by atoms with Crippen LogP contribution in [0.25, 0.3) is 0 Å². The van der Waals surface area contributed by atoms with E-state index in [0.717, 1.165) is 26.1 Å². The standard InChI is InChI=1S/C11H21N3O2S/c1-2-13-11(10-12)4-6-14-5-3-8-17(15,16)9-7-14/h11,13H,2-9H2,1H3. The zero-order valence-corrected chi connectivity index (χ0v) is 11.2. The Morgan fingerprint density at radius 3 is 2.82 bits per heavy atom. The number of hydrogen-bond acceptors (Lipinski definition) is 5. The highest BCUT2D eigenvalue weighted by atomic mass is 32.2. The summed E-state index contributed by atoms with van der Waals surface area (Å²) in [6.45, 7) is 4.98. The van der Waals surface area contributed by atoms with Crippen molar-refractivity contribution in [3.8, 4) is 6.07 Å². The molecule has 1 aliphatic heterocycles. The molecule has 0 aromatic carbocycles. The zero-order valence-electron chi connectivity index (χ0n) is 10.4. The molecule has 0 bridgehead atoms. The first kappa shape index (κ1) is 14.4. The van der Waals surface area contributed by atoms with E-state index in [1.54, 1.807) is 0 Å². The van der Waals surface area contributed by atoms with Crippen LogP contribution in [-0.2, 0) is 9.84 Å². The van der Waals surface area contributed by atoms with Crippen LogP contribution in [0.5, 0.6) is 0 Å². The van der Waals surface area contributed by atoms with E-state index in [1.807, 2.05) is 6.92 Å². The second kappa shape index (κ2) is 6.94. The number of nitrogens with one attached hydrogen (secondary N) is 1. The third kappa shape index (κ3) is 5.48. The Morgan fingerprint density at radius 1 is 1.41 bits per heavy atom. The summed E-state index contributed by atoms with van der Waals surface area (Å²) in [7, 11) is -2.83. The molecule has 1 aliphatic rings. The van der Waals surface area contributed by atoms with Crippen LogP contribution in [0.4, 0.5) is 0 Å². The Morgan fingerprint density at radius 2 is 2.18 bits per heavy atom. The summed E-state index contributed by atoms with van der Waals surface area (Å²) in [6, 6.07) is 2.09. The first-order chi connectivity index (χ1) is 8.07. The third-order valence-corrected chi connectivity index (χ3v) is 4.70. The van der Waals surface area contributed by atoms with Gasteiger partial charge in [0.05, 0.1) is 23.6 Å². The Hall–Kier alpha value is -0.640. The average molecular weight is 259 g/mol. The maximum Gasteiger partial charge on any atom is 0.151 e. The number of sulfone groups is 1. The molecule has 17 heavy (non-hydrogen) atoms. The minimum atomic E-state index is -2.83. The monoisotopic (exact) mass is 259 g/mol. The third-order valence-electron chi connectivity index (χ3n) is 2.99. The predicted molar refractivity (Wildman–Crippen MR) is 67.4 cm³/mol. The fourth-order valence-electron chi connectivity index (χ4n) is 1.98. The maximum absolute atomic E-state index is 11.4. The highest BCUT2D eigenvalue weighted by Gasteiger charge is 2.19. The lowest BCUT2D eigenvalue weighted by molar-refractivity contribution is 0.283. The van der Waals surface area contributed by atoms with E-state index in [1.165, 1.54) is 0 Å². The average Bonchev–Trinajstić information content (AvgIpc) is 2.46. The smallest absolute Gasteiger partial charge is 0.151 e. The topological polar surface area (TPSA) is 73.2 Å². The van der Waals surface area contributed by atoms with Gasteiger partial charge in [-0.15, -0.1) is 0 Å². The minimum absolute atomic E-state index is 0.125. The predicted octanol–water partition coefficient (Wildman–Crippen LogP) is -0.00132. The molecule has 0 aliphatic carbocycles. The van der Waals surface area contributed by atoms with Gasteiger partial charge in [0.15, 0.2) is 9.84 Å². The quantitative estimate of drug-likeness (QED) is 0.752. The van der Waals surface area contributed by atoms with Crippen molar-refractivity contribution < 1.29 is 8.42 Å². The first-order valence-corrected chi connectivity index (χ1v) is 7.95. The van der Waals surface area contributed by atoms with Crippen molar-refractivity contribution in [1.29, 1.82) is 5.26 Å². The highest BCUT2D eigenvalue weighted by Crippen LogP contribution is 2.06. The SMILES string of the molecule is CCNC(C#N)CCN1CCCS(=O)(=O)CC1. The van der Waals surface area contributed by atoms with Gasteiger partial charge in [0.1, 0.15) is 0 Å². The fraction of sp³-hybridized carbons (Fsp3) is 0.909. The molecule has 1 fully saturated rings. The van der Waals surface area contributed by atoms with Gasteiger partial charge in [-0.05, 0) is 25.9 Å². The Balaban J connectivity index is 2.35. The van der Waals surface area contributed by atoms with Gasteiger partial charge in [-0.25, -0.2) is 8.42 Å². The normalized spacial score (nSPS) is 22.6. The molecule has 6 heteroatoms. The summed E-state index contributed by atoms with van der Waals surface area (Å²) in [5, 5.41) is 12.0. The van der Waals surface area contributed by atoms with E-state index < -0.39 is 9.84 Å². The number of rotatable bonds is 5. The number of hydrogen-bond donors (Lipinski definition) is 1. The molecule has 0 aromatic heterocycles. The van der Waals surface area contributed by atoms with Crippen molar-refractivity contribution in [2.45, 2.75) is 25.8 Å². The van der Waals surface area contributed by atoms with Gasteiger partial charge in [-0.2, -0.15) is 5.26 Å².